The molecule has 0 N–H and O–H groups in total. The molecule has 2 nitrogen and oxygen atoms in total. The van der Waals surface area contributed by atoms with Crippen molar-refractivity contribution in [2.24, 2.45) is 0 Å². The average molecular weight is 229 g/mol. The monoisotopic (exact) mass is 229 g/mol. The van der Waals surface area contributed by atoms with Crippen LogP contribution in [0.3, 0.4) is 0 Å². The van der Waals surface area contributed by atoms with Crippen LogP contribution in [0.15, 0.2) is 30.3 Å². The topological polar surface area (TPSA) is 20.3 Å². The van der Waals surface area contributed by atoms with E-state index >= 15 is 0 Å². The van der Waals surface area contributed by atoms with Crippen LogP contribution in [-0.2, 0) is 11.2 Å². The highest BCUT2D eigenvalue weighted by Crippen LogP contribution is 2.37. The Morgan fingerprint density at radius 2 is 1.65 bits per heavy atom. The second kappa shape index (κ2) is 4.52. The number of carbonyl (C=O) groups is 1. The normalized spacial score (nSPS) is 26.5. The predicted octanol–water partition coefficient (Wildman–Crippen LogP) is 2.77. The van der Waals surface area contributed by atoms with Gasteiger partial charge in [0.25, 0.3) is 0 Å². The zero-order valence-electron chi connectivity index (χ0n) is 10.1. The number of fused-ring (bicyclic) bond motifs is 2. The number of nitrogens with zero attached hydrogens (tertiary/aromatic N) is 1. The van der Waals surface area contributed by atoms with Crippen molar-refractivity contribution >= 4 is 5.91 Å². The number of aryl methyl sites for hydroxylation is 1. The second-order valence-corrected chi connectivity index (χ2v) is 5.25. The summed E-state index contributed by atoms with van der Waals surface area (Å²) in [6.07, 6.45) is 6.51. The van der Waals surface area contributed by atoms with Gasteiger partial charge < -0.3 is 4.90 Å². The fourth-order valence-corrected chi connectivity index (χ4v) is 3.35. The lowest BCUT2D eigenvalue weighted by Crippen LogP contribution is -2.35. The van der Waals surface area contributed by atoms with E-state index in [1.807, 2.05) is 18.2 Å². The van der Waals surface area contributed by atoms with Crippen molar-refractivity contribution in [3.05, 3.63) is 35.9 Å². The van der Waals surface area contributed by atoms with E-state index < -0.39 is 0 Å². The fourth-order valence-electron chi connectivity index (χ4n) is 3.35. The molecule has 17 heavy (non-hydrogen) atoms. The molecular formula is C15H19NO. The third-order valence-electron chi connectivity index (χ3n) is 4.21. The zero-order valence-corrected chi connectivity index (χ0v) is 10.1. The van der Waals surface area contributed by atoms with E-state index in [1.165, 1.54) is 31.2 Å². The number of benzene rings is 1. The summed E-state index contributed by atoms with van der Waals surface area (Å²) in [4.78, 5) is 14.4. The van der Waals surface area contributed by atoms with Crippen LogP contribution in [0, 0.1) is 0 Å². The van der Waals surface area contributed by atoms with Gasteiger partial charge in [0.2, 0.25) is 5.91 Å². The number of rotatable bonds is 3. The van der Waals surface area contributed by atoms with Gasteiger partial charge in [0.15, 0.2) is 0 Å². The Morgan fingerprint density at radius 3 is 2.24 bits per heavy atom. The van der Waals surface area contributed by atoms with Crippen molar-refractivity contribution in [3.63, 3.8) is 0 Å². The van der Waals surface area contributed by atoms with Gasteiger partial charge in [0.05, 0.1) is 0 Å². The molecule has 2 aliphatic heterocycles. The Morgan fingerprint density at radius 1 is 1.06 bits per heavy atom. The summed E-state index contributed by atoms with van der Waals surface area (Å²) in [5.41, 5.74) is 1.27. The number of hydrogen-bond acceptors (Lipinski definition) is 1. The van der Waals surface area contributed by atoms with Gasteiger partial charge in [0.1, 0.15) is 0 Å². The van der Waals surface area contributed by atoms with Crippen LogP contribution in [-0.4, -0.2) is 22.9 Å². The minimum absolute atomic E-state index is 0.374. The van der Waals surface area contributed by atoms with Crippen molar-refractivity contribution in [1.29, 1.82) is 0 Å². The molecule has 2 fully saturated rings. The van der Waals surface area contributed by atoms with Crippen molar-refractivity contribution in [2.75, 3.05) is 0 Å². The maximum absolute atomic E-state index is 12.2. The first-order valence-corrected chi connectivity index (χ1v) is 6.69. The molecule has 0 radical (unpaired) electrons. The Hall–Kier alpha value is -1.31. The van der Waals surface area contributed by atoms with Gasteiger partial charge in [-0.25, -0.2) is 0 Å². The molecule has 0 saturated carbocycles. The first-order valence-electron chi connectivity index (χ1n) is 6.69. The molecule has 90 valence electrons. The minimum atomic E-state index is 0.374. The van der Waals surface area contributed by atoms with Crippen molar-refractivity contribution in [1.82, 2.24) is 4.90 Å². The Labute approximate surface area is 103 Å². The quantitative estimate of drug-likeness (QED) is 0.780. The molecule has 0 aliphatic carbocycles. The summed E-state index contributed by atoms with van der Waals surface area (Å²) in [7, 11) is 0. The first kappa shape index (κ1) is 10.8. The molecule has 1 aromatic carbocycles. The molecule has 0 spiro atoms. The summed E-state index contributed by atoms with van der Waals surface area (Å²) in [5, 5.41) is 0. The number of hydrogen-bond donors (Lipinski definition) is 0. The smallest absolute Gasteiger partial charge is 0.223 e. The summed E-state index contributed by atoms with van der Waals surface area (Å²) in [6, 6.07) is 11.5. The Balaban J connectivity index is 1.58. The standard InChI is InChI=1S/C15H19NO/c17-15(11-6-12-4-2-1-3-5-12)16-13-7-8-14(16)10-9-13/h1-5,13-14H,6-11H2. The van der Waals surface area contributed by atoms with Gasteiger partial charge in [-0.15, -0.1) is 0 Å². The van der Waals surface area contributed by atoms with Gasteiger partial charge >= 0.3 is 0 Å². The predicted molar refractivity (Wildman–Crippen MR) is 67.7 cm³/mol. The van der Waals surface area contributed by atoms with Crippen LogP contribution < -0.4 is 0 Å². The zero-order chi connectivity index (χ0) is 11.7. The summed E-state index contributed by atoms with van der Waals surface area (Å²) in [5.74, 6) is 0.374. The number of carbonyl (C=O) groups excluding carboxylic acids is 1. The Kier molecular flexibility index (Phi) is 2.87. The van der Waals surface area contributed by atoms with Crippen LogP contribution >= 0.6 is 0 Å². The molecule has 2 bridgehead atoms. The highest BCUT2D eigenvalue weighted by molar-refractivity contribution is 5.77. The van der Waals surface area contributed by atoms with E-state index in [9.17, 15) is 4.79 Å². The van der Waals surface area contributed by atoms with E-state index in [0.29, 0.717) is 24.4 Å². The molecule has 2 heteroatoms. The van der Waals surface area contributed by atoms with Crippen LogP contribution in [0.4, 0.5) is 0 Å². The van der Waals surface area contributed by atoms with Crippen molar-refractivity contribution < 1.29 is 4.79 Å². The average Bonchev–Trinajstić information content (AvgIpc) is 2.97. The highest BCUT2D eigenvalue weighted by atomic mass is 16.2. The SMILES string of the molecule is O=C(CCc1ccccc1)N1C2CCC1CC2. The second-order valence-electron chi connectivity index (χ2n) is 5.25. The summed E-state index contributed by atoms with van der Waals surface area (Å²) in [6.45, 7) is 0. The van der Waals surface area contributed by atoms with Crippen LogP contribution in [0.25, 0.3) is 0 Å². The van der Waals surface area contributed by atoms with Crippen molar-refractivity contribution in [3.8, 4) is 0 Å². The van der Waals surface area contributed by atoms with Gasteiger partial charge in [-0.1, -0.05) is 30.3 Å². The van der Waals surface area contributed by atoms with Crippen LogP contribution in [0.1, 0.15) is 37.7 Å². The van der Waals surface area contributed by atoms with Gasteiger partial charge in [-0.2, -0.15) is 0 Å². The van der Waals surface area contributed by atoms with E-state index in [0.717, 1.165) is 6.42 Å². The molecule has 3 rings (SSSR count). The van der Waals surface area contributed by atoms with Crippen LogP contribution in [0.2, 0.25) is 0 Å². The molecule has 2 saturated heterocycles. The largest absolute Gasteiger partial charge is 0.337 e. The lowest BCUT2D eigenvalue weighted by Gasteiger charge is -2.22. The van der Waals surface area contributed by atoms with E-state index in [2.05, 4.69) is 17.0 Å². The molecule has 0 aromatic heterocycles. The number of amides is 1. The van der Waals surface area contributed by atoms with Gasteiger partial charge in [0, 0.05) is 18.5 Å². The highest BCUT2D eigenvalue weighted by Gasteiger charge is 2.41. The summed E-state index contributed by atoms with van der Waals surface area (Å²) < 4.78 is 0. The molecule has 1 amide bonds. The molecule has 2 aliphatic rings. The van der Waals surface area contributed by atoms with Crippen LogP contribution in [0.5, 0.6) is 0 Å². The molecule has 2 heterocycles. The van der Waals surface area contributed by atoms with Gasteiger partial charge in [-0.3, -0.25) is 4.79 Å². The van der Waals surface area contributed by atoms with E-state index in [1.54, 1.807) is 0 Å². The Bertz CT molecular complexity index is 381. The lowest BCUT2D eigenvalue weighted by molar-refractivity contribution is -0.132. The minimum Gasteiger partial charge on any atom is -0.337 e. The molecule has 1 aromatic rings. The summed E-state index contributed by atoms with van der Waals surface area (Å²) >= 11 is 0. The van der Waals surface area contributed by atoms with E-state index in [-0.39, 0.29) is 0 Å². The first-order chi connectivity index (χ1) is 8.34. The molecule has 0 atom stereocenters. The lowest BCUT2D eigenvalue weighted by atomic mass is 10.0. The maximum atomic E-state index is 12.2. The molecular weight excluding hydrogens is 210 g/mol. The van der Waals surface area contributed by atoms with E-state index in [4.69, 9.17) is 0 Å². The molecule has 0 unspecified atom stereocenters. The fraction of sp³-hybridized carbons (Fsp3) is 0.533. The third kappa shape index (κ3) is 2.08. The maximum Gasteiger partial charge on any atom is 0.223 e. The van der Waals surface area contributed by atoms with Gasteiger partial charge in [-0.05, 0) is 37.7 Å². The third-order valence-corrected chi connectivity index (χ3v) is 4.21. The van der Waals surface area contributed by atoms with Crippen molar-refractivity contribution in [2.45, 2.75) is 50.6 Å².